The van der Waals surface area contributed by atoms with Crippen molar-refractivity contribution in [1.82, 2.24) is 0 Å². The van der Waals surface area contributed by atoms with E-state index in [1.165, 1.54) is 25.7 Å². The number of aryl methyl sites for hydroxylation is 1. The Balaban J connectivity index is 1.90. The van der Waals surface area contributed by atoms with Crippen LogP contribution < -0.4 is 5.01 Å². The summed E-state index contributed by atoms with van der Waals surface area (Å²) in [6.45, 7) is 1.97. The van der Waals surface area contributed by atoms with Gasteiger partial charge < -0.3 is 0 Å². The summed E-state index contributed by atoms with van der Waals surface area (Å²) in [5, 5.41) is 16.3. The third-order valence-corrected chi connectivity index (χ3v) is 4.68. The molecule has 0 N–H and O–H groups in total. The van der Waals surface area contributed by atoms with Crippen molar-refractivity contribution in [2.24, 2.45) is 11.0 Å². The molecule has 0 amide bonds. The summed E-state index contributed by atoms with van der Waals surface area (Å²) >= 11 is 6.18. The third kappa shape index (κ3) is 2.41. The lowest BCUT2D eigenvalue weighted by Crippen LogP contribution is -2.32. The first-order valence-electron chi connectivity index (χ1n) is 7.22. The number of nitrogens with zero attached hydrogens (tertiary/aromatic N) is 3. The van der Waals surface area contributed by atoms with Crippen molar-refractivity contribution < 1.29 is 0 Å². The first kappa shape index (κ1) is 13.5. The Labute approximate surface area is 124 Å². The lowest BCUT2D eigenvalue weighted by molar-refractivity contribution is 0.431. The first-order chi connectivity index (χ1) is 9.69. The lowest BCUT2D eigenvalue weighted by Gasteiger charge is -2.28. The maximum absolute atomic E-state index is 9.03. The zero-order chi connectivity index (χ0) is 14.1. The normalized spacial score (nSPS) is 22.9. The van der Waals surface area contributed by atoms with E-state index in [4.69, 9.17) is 16.9 Å². The van der Waals surface area contributed by atoms with E-state index >= 15 is 0 Å². The number of anilines is 1. The van der Waals surface area contributed by atoms with Gasteiger partial charge in [0.05, 0.1) is 23.4 Å². The Morgan fingerprint density at radius 2 is 2.10 bits per heavy atom. The van der Waals surface area contributed by atoms with E-state index in [-0.39, 0.29) is 0 Å². The van der Waals surface area contributed by atoms with Gasteiger partial charge in [-0.25, -0.2) is 0 Å². The highest BCUT2D eigenvalue weighted by atomic mass is 35.5. The second kappa shape index (κ2) is 5.46. The minimum atomic E-state index is 0.386. The molecule has 1 aromatic carbocycles. The van der Waals surface area contributed by atoms with E-state index in [0.717, 1.165) is 23.2 Å². The average Bonchev–Trinajstić information content (AvgIpc) is 3.07. The number of rotatable bonds is 2. The summed E-state index contributed by atoms with van der Waals surface area (Å²) in [4.78, 5) is 0. The standard InChI is InChI=1S/C16H18ClN3/c1-11-8-14(7-6-13(11)10-18)20-15(9-16(17)19-20)12-4-2-3-5-12/h6-8,12,15H,2-5,9H2,1H3/t15-/m1/s1. The molecule has 0 spiro atoms. The molecule has 20 heavy (non-hydrogen) atoms. The number of nitriles is 1. The van der Waals surface area contributed by atoms with Gasteiger partial charge in [-0.1, -0.05) is 24.4 Å². The fourth-order valence-electron chi connectivity index (χ4n) is 3.36. The molecule has 104 valence electrons. The maximum atomic E-state index is 9.03. The lowest BCUT2D eigenvalue weighted by atomic mass is 9.95. The molecule has 0 bridgehead atoms. The summed E-state index contributed by atoms with van der Waals surface area (Å²) in [7, 11) is 0. The minimum absolute atomic E-state index is 0.386. The van der Waals surface area contributed by atoms with E-state index < -0.39 is 0 Å². The van der Waals surface area contributed by atoms with E-state index in [0.29, 0.717) is 17.1 Å². The Kier molecular flexibility index (Phi) is 3.67. The third-order valence-electron chi connectivity index (χ3n) is 4.45. The van der Waals surface area contributed by atoms with Gasteiger partial charge in [-0.05, 0) is 49.4 Å². The smallest absolute Gasteiger partial charge is 0.128 e. The topological polar surface area (TPSA) is 39.4 Å². The molecular weight excluding hydrogens is 270 g/mol. The fraction of sp³-hybridized carbons (Fsp3) is 0.500. The van der Waals surface area contributed by atoms with Crippen LogP contribution in [0.5, 0.6) is 0 Å². The van der Waals surface area contributed by atoms with Crippen LogP contribution in [0.4, 0.5) is 5.69 Å². The summed E-state index contributed by atoms with van der Waals surface area (Å²) in [6.07, 6.45) is 6.04. The Hall–Kier alpha value is -1.53. The molecule has 4 heteroatoms. The van der Waals surface area contributed by atoms with Crippen LogP contribution in [-0.4, -0.2) is 11.2 Å². The van der Waals surface area contributed by atoms with Crippen LogP contribution in [0.1, 0.15) is 43.2 Å². The number of halogens is 1. The predicted octanol–water partition coefficient (Wildman–Crippen LogP) is 4.19. The SMILES string of the molecule is Cc1cc(N2N=C(Cl)C[C@@H]2C2CCCC2)ccc1C#N. The van der Waals surface area contributed by atoms with Crippen molar-refractivity contribution in [2.75, 3.05) is 5.01 Å². The van der Waals surface area contributed by atoms with Gasteiger partial charge in [0, 0.05) is 6.42 Å². The Bertz CT molecular complexity index is 582. The largest absolute Gasteiger partial charge is 0.261 e. The second-order valence-electron chi connectivity index (χ2n) is 5.75. The van der Waals surface area contributed by atoms with Gasteiger partial charge >= 0.3 is 0 Å². The number of hydrazone groups is 1. The van der Waals surface area contributed by atoms with Gasteiger partial charge in [0.1, 0.15) is 5.17 Å². The number of benzene rings is 1. The molecule has 0 aromatic heterocycles. The fourth-order valence-corrected chi connectivity index (χ4v) is 3.60. The van der Waals surface area contributed by atoms with Crippen molar-refractivity contribution >= 4 is 22.5 Å². The van der Waals surface area contributed by atoms with Crippen molar-refractivity contribution in [3.8, 4) is 6.07 Å². The van der Waals surface area contributed by atoms with E-state index in [1.807, 2.05) is 25.1 Å². The van der Waals surface area contributed by atoms with Crippen LogP contribution in [-0.2, 0) is 0 Å². The van der Waals surface area contributed by atoms with Gasteiger partial charge in [0.15, 0.2) is 0 Å². The molecule has 1 fully saturated rings. The molecule has 1 saturated carbocycles. The molecule has 0 radical (unpaired) electrons. The monoisotopic (exact) mass is 287 g/mol. The van der Waals surface area contributed by atoms with Crippen LogP contribution in [0.25, 0.3) is 0 Å². The van der Waals surface area contributed by atoms with Crippen LogP contribution in [0.15, 0.2) is 23.3 Å². The van der Waals surface area contributed by atoms with Crippen LogP contribution in [0.2, 0.25) is 0 Å². The molecule has 0 saturated heterocycles. The highest BCUT2D eigenvalue weighted by Crippen LogP contribution is 2.38. The van der Waals surface area contributed by atoms with Crippen LogP contribution in [0, 0.1) is 24.2 Å². The molecule has 1 atom stereocenters. The summed E-state index contributed by atoms with van der Waals surface area (Å²) < 4.78 is 0. The quantitative estimate of drug-likeness (QED) is 0.818. The van der Waals surface area contributed by atoms with Crippen LogP contribution >= 0.6 is 11.6 Å². The van der Waals surface area contributed by atoms with Crippen molar-refractivity contribution in [3.05, 3.63) is 29.3 Å². The van der Waals surface area contributed by atoms with Crippen molar-refractivity contribution in [1.29, 1.82) is 5.26 Å². The Morgan fingerprint density at radius 1 is 1.35 bits per heavy atom. The number of hydrogen-bond donors (Lipinski definition) is 0. The molecule has 3 rings (SSSR count). The van der Waals surface area contributed by atoms with Gasteiger partial charge in [-0.3, -0.25) is 5.01 Å². The molecule has 1 aliphatic heterocycles. The summed E-state index contributed by atoms with van der Waals surface area (Å²) in [5.74, 6) is 0.686. The average molecular weight is 288 g/mol. The van der Waals surface area contributed by atoms with E-state index in [9.17, 15) is 0 Å². The zero-order valence-corrected chi connectivity index (χ0v) is 12.4. The summed E-state index contributed by atoms with van der Waals surface area (Å²) in [5.41, 5.74) is 2.77. The van der Waals surface area contributed by atoms with Gasteiger partial charge in [0.25, 0.3) is 0 Å². The first-order valence-corrected chi connectivity index (χ1v) is 7.60. The van der Waals surface area contributed by atoms with Gasteiger partial charge in [-0.15, -0.1) is 0 Å². The minimum Gasteiger partial charge on any atom is -0.261 e. The van der Waals surface area contributed by atoms with Crippen molar-refractivity contribution in [3.63, 3.8) is 0 Å². The highest BCUT2D eigenvalue weighted by molar-refractivity contribution is 6.65. The molecule has 1 aromatic rings. The van der Waals surface area contributed by atoms with E-state index in [1.54, 1.807) is 0 Å². The second-order valence-corrected chi connectivity index (χ2v) is 6.18. The van der Waals surface area contributed by atoms with Gasteiger partial charge in [0.2, 0.25) is 0 Å². The van der Waals surface area contributed by atoms with E-state index in [2.05, 4.69) is 16.2 Å². The van der Waals surface area contributed by atoms with Crippen LogP contribution in [0.3, 0.4) is 0 Å². The maximum Gasteiger partial charge on any atom is 0.128 e. The zero-order valence-electron chi connectivity index (χ0n) is 11.6. The molecule has 1 aliphatic carbocycles. The molecule has 2 aliphatic rings. The molecule has 3 nitrogen and oxygen atoms in total. The molecule has 0 unspecified atom stereocenters. The Morgan fingerprint density at radius 3 is 2.75 bits per heavy atom. The van der Waals surface area contributed by atoms with Gasteiger partial charge in [-0.2, -0.15) is 10.4 Å². The molecular formula is C16H18ClN3. The number of hydrogen-bond acceptors (Lipinski definition) is 3. The van der Waals surface area contributed by atoms with Crippen molar-refractivity contribution in [2.45, 2.75) is 45.1 Å². The summed E-state index contributed by atoms with van der Waals surface area (Å²) in [6, 6.07) is 8.49. The highest BCUT2D eigenvalue weighted by Gasteiger charge is 2.35. The molecule has 1 heterocycles. The predicted molar refractivity (Wildman–Crippen MR) is 82.0 cm³/mol.